The number of aliphatic hydroxyl groups is 1. The van der Waals surface area contributed by atoms with E-state index in [9.17, 15) is 5.11 Å². The Morgan fingerprint density at radius 1 is 0.920 bits per heavy atom. The molecule has 0 atom stereocenters. The van der Waals surface area contributed by atoms with E-state index in [0.29, 0.717) is 5.92 Å². The van der Waals surface area contributed by atoms with Gasteiger partial charge in [0.05, 0.1) is 18.0 Å². The Balaban J connectivity index is 1.74. The van der Waals surface area contributed by atoms with Gasteiger partial charge in [0, 0.05) is 24.8 Å². The molecule has 4 heteroatoms. The van der Waals surface area contributed by atoms with Crippen molar-refractivity contribution < 1.29 is 5.11 Å². The quantitative estimate of drug-likeness (QED) is 0.691. The molecule has 0 saturated carbocycles. The van der Waals surface area contributed by atoms with E-state index in [2.05, 4.69) is 43.6 Å². The summed E-state index contributed by atoms with van der Waals surface area (Å²) in [6.45, 7) is 5.89. The predicted molar refractivity (Wildman–Crippen MR) is 101 cm³/mol. The van der Waals surface area contributed by atoms with Crippen LogP contribution in [0.5, 0.6) is 0 Å². The number of hydrogen-bond donors (Lipinski definition) is 2. The lowest BCUT2D eigenvalue weighted by Crippen LogP contribution is -2.15. The Morgan fingerprint density at radius 2 is 1.56 bits per heavy atom. The average molecular weight is 335 g/mol. The zero-order valence-electron chi connectivity index (χ0n) is 14.8. The fraction of sp³-hybridized carbons (Fsp3) is 0.286. The van der Waals surface area contributed by atoms with Gasteiger partial charge in [-0.2, -0.15) is 5.10 Å². The van der Waals surface area contributed by atoms with E-state index in [4.69, 9.17) is 5.10 Å². The highest BCUT2D eigenvalue weighted by Gasteiger charge is 2.13. The molecule has 3 rings (SSSR count). The van der Waals surface area contributed by atoms with Crippen LogP contribution in [-0.4, -0.2) is 14.9 Å². The first-order valence-corrected chi connectivity index (χ1v) is 8.71. The molecule has 0 radical (unpaired) electrons. The van der Waals surface area contributed by atoms with Crippen molar-refractivity contribution in [1.29, 1.82) is 0 Å². The highest BCUT2D eigenvalue weighted by atomic mass is 16.3. The minimum Gasteiger partial charge on any atom is -0.392 e. The van der Waals surface area contributed by atoms with Crippen molar-refractivity contribution in [3.8, 4) is 5.69 Å². The van der Waals surface area contributed by atoms with Gasteiger partial charge in [0.2, 0.25) is 0 Å². The molecule has 0 aliphatic heterocycles. The summed E-state index contributed by atoms with van der Waals surface area (Å²) in [7, 11) is 0. The van der Waals surface area contributed by atoms with Crippen LogP contribution in [0, 0.1) is 0 Å². The van der Waals surface area contributed by atoms with Crippen LogP contribution in [0.3, 0.4) is 0 Å². The second-order valence-corrected chi connectivity index (χ2v) is 6.50. The molecule has 4 nitrogen and oxygen atoms in total. The van der Waals surface area contributed by atoms with Crippen molar-refractivity contribution in [2.45, 2.75) is 39.5 Å². The zero-order valence-corrected chi connectivity index (χ0v) is 14.8. The van der Waals surface area contributed by atoms with Crippen LogP contribution >= 0.6 is 0 Å². The molecule has 0 saturated heterocycles. The number of nitrogens with one attached hydrogen (secondary N) is 1. The van der Waals surface area contributed by atoms with Gasteiger partial charge >= 0.3 is 0 Å². The number of aromatic nitrogens is 2. The minimum atomic E-state index is 0.0705. The topological polar surface area (TPSA) is 50.1 Å². The molecule has 0 aliphatic rings. The van der Waals surface area contributed by atoms with Gasteiger partial charge in [-0.25, -0.2) is 4.68 Å². The van der Waals surface area contributed by atoms with Crippen LogP contribution < -0.4 is 5.32 Å². The van der Waals surface area contributed by atoms with Gasteiger partial charge in [0.15, 0.2) is 0 Å². The van der Waals surface area contributed by atoms with Crippen LogP contribution in [0.25, 0.3) is 5.69 Å². The van der Waals surface area contributed by atoms with E-state index in [0.717, 1.165) is 35.6 Å². The van der Waals surface area contributed by atoms with Gasteiger partial charge in [0.1, 0.15) is 0 Å². The van der Waals surface area contributed by atoms with Gasteiger partial charge in [-0.15, -0.1) is 0 Å². The summed E-state index contributed by atoms with van der Waals surface area (Å²) in [5.74, 6) is 0.367. The molecule has 1 heterocycles. The highest BCUT2D eigenvalue weighted by molar-refractivity contribution is 5.33. The standard InChI is InChI=1S/C21H25N3O/c1-16(2)21-19(14-24(23-21)20-10-4-3-5-11-20)13-22-12-17-8-6-7-9-18(17)15-25/h3-11,14,16,22,25H,12-13,15H2,1-2H3. The SMILES string of the molecule is CC(C)c1nn(-c2ccccc2)cc1CNCc1ccccc1CO. The molecule has 0 aliphatic carbocycles. The summed E-state index contributed by atoms with van der Waals surface area (Å²) in [5.41, 5.74) is 5.50. The Morgan fingerprint density at radius 3 is 2.24 bits per heavy atom. The monoisotopic (exact) mass is 335 g/mol. The minimum absolute atomic E-state index is 0.0705. The molecule has 130 valence electrons. The summed E-state index contributed by atoms with van der Waals surface area (Å²) in [4.78, 5) is 0. The summed E-state index contributed by atoms with van der Waals surface area (Å²) >= 11 is 0. The van der Waals surface area contributed by atoms with E-state index < -0.39 is 0 Å². The Labute approximate surface area is 149 Å². The van der Waals surface area contributed by atoms with Crippen molar-refractivity contribution in [1.82, 2.24) is 15.1 Å². The third-order valence-electron chi connectivity index (χ3n) is 4.31. The fourth-order valence-corrected chi connectivity index (χ4v) is 2.97. The third kappa shape index (κ3) is 4.16. The lowest BCUT2D eigenvalue weighted by atomic mass is 10.1. The highest BCUT2D eigenvalue weighted by Crippen LogP contribution is 2.20. The Bertz CT molecular complexity index is 809. The first-order chi connectivity index (χ1) is 12.2. The Kier molecular flexibility index (Phi) is 5.64. The maximum atomic E-state index is 9.44. The second-order valence-electron chi connectivity index (χ2n) is 6.50. The first kappa shape index (κ1) is 17.4. The molecule has 0 amide bonds. The summed E-state index contributed by atoms with van der Waals surface area (Å²) in [5, 5.41) is 17.7. The number of rotatable bonds is 7. The van der Waals surface area contributed by atoms with Crippen LogP contribution in [0.15, 0.2) is 60.8 Å². The molecule has 0 unspecified atom stereocenters. The molecule has 3 aromatic rings. The number of hydrogen-bond acceptors (Lipinski definition) is 3. The van der Waals surface area contributed by atoms with Crippen LogP contribution in [0.2, 0.25) is 0 Å². The zero-order chi connectivity index (χ0) is 17.6. The molecule has 0 fully saturated rings. The van der Waals surface area contributed by atoms with Gasteiger partial charge in [-0.3, -0.25) is 0 Å². The molecule has 0 spiro atoms. The largest absolute Gasteiger partial charge is 0.392 e. The normalized spacial score (nSPS) is 11.2. The van der Waals surface area contributed by atoms with E-state index in [-0.39, 0.29) is 6.61 Å². The lowest BCUT2D eigenvalue weighted by Gasteiger charge is -2.09. The van der Waals surface area contributed by atoms with E-state index in [1.807, 2.05) is 41.1 Å². The molecular weight excluding hydrogens is 310 g/mol. The van der Waals surface area contributed by atoms with E-state index in [1.165, 1.54) is 5.56 Å². The maximum Gasteiger partial charge on any atom is 0.0699 e. The van der Waals surface area contributed by atoms with Gasteiger partial charge < -0.3 is 10.4 Å². The number of nitrogens with zero attached hydrogens (tertiary/aromatic N) is 2. The van der Waals surface area contributed by atoms with E-state index in [1.54, 1.807) is 0 Å². The maximum absolute atomic E-state index is 9.44. The lowest BCUT2D eigenvalue weighted by molar-refractivity contribution is 0.280. The van der Waals surface area contributed by atoms with Crippen molar-refractivity contribution in [2.24, 2.45) is 0 Å². The van der Waals surface area contributed by atoms with Gasteiger partial charge in [-0.05, 0) is 29.2 Å². The molecule has 0 bridgehead atoms. The van der Waals surface area contributed by atoms with Crippen LogP contribution in [0.1, 0.15) is 42.1 Å². The summed E-state index contributed by atoms with van der Waals surface area (Å²) in [6, 6.07) is 18.2. The predicted octanol–water partition coefficient (Wildman–Crippen LogP) is 3.78. The summed E-state index contributed by atoms with van der Waals surface area (Å²) < 4.78 is 1.95. The number of aliphatic hydroxyl groups excluding tert-OH is 1. The van der Waals surface area contributed by atoms with Crippen molar-refractivity contribution in [3.05, 3.63) is 83.2 Å². The average Bonchev–Trinajstić information content (AvgIpc) is 3.07. The molecule has 1 aromatic heterocycles. The van der Waals surface area contributed by atoms with Crippen LogP contribution in [-0.2, 0) is 19.7 Å². The second kappa shape index (κ2) is 8.10. The summed E-state index contributed by atoms with van der Waals surface area (Å²) in [6.07, 6.45) is 2.11. The number of para-hydroxylation sites is 1. The smallest absolute Gasteiger partial charge is 0.0699 e. The molecular formula is C21H25N3O. The molecule has 2 N–H and O–H groups in total. The van der Waals surface area contributed by atoms with Gasteiger partial charge in [-0.1, -0.05) is 56.3 Å². The van der Waals surface area contributed by atoms with Crippen LogP contribution in [0.4, 0.5) is 0 Å². The van der Waals surface area contributed by atoms with Crippen molar-refractivity contribution in [3.63, 3.8) is 0 Å². The van der Waals surface area contributed by atoms with Crippen molar-refractivity contribution in [2.75, 3.05) is 0 Å². The van der Waals surface area contributed by atoms with Crippen molar-refractivity contribution >= 4 is 0 Å². The first-order valence-electron chi connectivity index (χ1n) is 8.71. The molecule has 25 heavy (non-hydrogen) atoms. The fourth-order valence-electron chi connectivity index (χ4n) is 2.97. The van der Waals surface area contributed by atoms with E-state index >= 15 is 0 Å². The Hall–Kier alpha value is -2.43. The third-order valence-corrected chi connectivity index (χ3v) is 4.31. The number of benzene rings is 2. The molecule has 2 aromatic carbocycles. The van der Waals surface area contributed by atoms with Gasteiger partial charge in [0.25, 0.3) is 0 Å².